The fourth-order valence-electron chi connectivity index (χ4n) is 3.33. The van der Waals surface area contributed by atoms with E-state index in [1.54, 1.807) is 23.1 Å². The van der Waals surface area contributed by atoms with Crippen LogP contribution in [0.4, 0.5) is 10.5 Å². The zero-order valence-corrected chi connectivity index (χ0v) is 16.8. The number of nitrogens with zero attached hydrogens (tertiary/aromatic N) is 2. The molecule has 1 aliphatic rings. The highest BCUT2D eigenvalue weighted by atomic mass is 35.5. The number of carbonyl (C=O) groups is 2. The second-order valence-corrected chi connectivity index (χ2v) is 8.34. The van der Waals surface area contributed by atoms with Crippen LogP contribution in [0.5, 0.6) is 0 Å². The average Bonchev–Trinajstić information content (AvgIpc) is 2.50. The Kier molecular flexibility index (Phi) is 6.64. The molecule has 1 fully saturated rings. The van der Waals surface area contributed by atoms with Gasteiger partial charge in [-0.3, -0.25) is 9.69 Å². The molecule has 1 heterocycles. The van der Waals surface area contributed by atoms with Crippen molar-refractivity contribution in [2.45, 2.75) is 45.2 Å². The third-order valence-electron chi connectivity index (χ3n) is 4.35. The van der Waals surface area contributed by atoms with E-state index >= 15 is 0 Å². The molecule has 1 aromatic rings. The van der Waals surface area contributed by atoms with Crippen LogP contribution in [-0.4, -0.2) is 58.1 Å². The minimum Gasteiger partial charge on any atom is -0.465 e. The van der Waals surface area contributed by atoms with Crippen LogP contribution < -0.4 is 5.32 Å². The molecule has 0 aliphatic carbocycles. The van der Waals surface area contributed by atoms with Crippen molar-refractivity contribution < 1.29 is 14.7 Å². The standard InChI is InChI=1S/C18H25Cl2N3O3/c1-18(2,3)23(17(25)26)15-5-4-6-22(11-15)16(24)10-21-14-8-12(19)7-13(20)9-14/h7-9,15,21H,4-6,10-11H2,1-3H3,(H,25,26)/t15-/m0/s1. The number of carbonyl (C=O) groups excluding carboxylic acids is 1. The van der Waals surface area contributed by atoms with Gasteiger partial charge < -0.3 is 15.3 Å². The zero-order chi connectivity index (χ0) is 19.5. The Bertz CT molecular complexity index is 656. The van der Waals surface area contributed by atoms with Crippen molar-refractivity contribution in [1.82, 2.24) is 9.80 Å². The number of anilines is 1. The number of nitrogens with one attached hydrogen (secondary N) is 1. The summed E-state index contributed by atoms with van der Waals surface area (Å²) < 4.78 is 0. The normalized spacial score (nSPS) is 17.7. The molecular weight excluding hydrogens is 377 g/mol. The maximum atomic E-state index is 12.6. The topological polar surface area (TPSA) is 72.9 Å². The first-order valence-electron chi connectivity index (χ1n) is 8.58. The minimum atomic E-state index is -0.955. The first-order valence-corrected chi connectivity index (χ1v) is 9.33. The van der Waals surface area contributed by atoms with E-state index in [1.165, 1.54) is 4.90 Å². The molecular formula is C18H25Cl2N3O3. The number of halogens is 2. The highest BCUT2D eigenvalue weighted by Crippen LogP contribution is 2.25. The van der Waals surface area contributed by atoms with E-state index in [-0.39, 0.29) is 18.5 Å². The summed E-state index contributed by atoms with van der Waals surface area (Å²) in [6.45, 7) is 6.74. The number of amides is 2. The van der Waals surface area contributed by atoms with Crippen LogP contribution in [0.15, 0.2) is 18.2 Å². The molecule has 8 heteroatoms. The first-order chi connectivity index (χ1) is 12.1. The molecule has 6 nitrogen and oxygen atoms in total. The van der Waals surface area contributed by atoms with Gasteiger partial charge in [0.1, 0.15) is 0 Å². The van der Waals surface area contributed by atoms with Crippen molar-refractivity contribution >= 4 is 40.9 Å². The molecule has 0 aromatic heterocycles. The Morgan fingerprint density at radius 3 is 2.42 bits per heavy atom. The van der Waals surface area contributed by atoms with E-state index in [2.05, 4.69) is 5.32 Å². The van der Waals surface area contributed by atoms with Gasteiger partial charge in [0.15, 0.2) is 0 Å². The Labute approximate surface area is 164 Å². The lowest BCUT2D eigenvalue weighted by Gasteiger charge is -2.44. The molecule has 26 heavy (non-hydrogen) atoms. The summed E-state index contributed by atoms with van der Waals surface area (Å²) in [6, 6.07) is 4.82. The lowest BCUT2D eigenvalue weighted by molar-refractivity contribution is -0.131. The summed E-state index contributed by atoms with van der Waals surface area (Å²) in [7, 11) is 0. The molecule has 2 amide bonds. The molecule has 0 radical (unpaired) electrons. The van der Waals surface area contributed by atoms with Gasteiger partial charge in [0.05, 0.1) is 12.6 Å². The Morgan fingerprint density at radius 2 is 1.88 bits per heavy atom. The summed E-state index contributed by atoms with van der Waals surface area (Å²) >= 11 is 11.9. The molecule has 0 unspecified atom stereocenters. The van der Waals surface area contributed by atoms with Gasteiger partial charge in [-0.15, -0.1) is 0 Å². The zero-order valence-electron chi connectivity index (χ0n) is 15.3. The monoisotopic (exact) mass is 401 g/mol. The molecule has 1 aromatic carbocycles. The summed E-state index contributed by atoms with van der Waals surface area (Å²) in [6.07, 6.45) is 0.577. The highest BCUT2D eigenvalue weighted by molar-refractivity contribution is 6.35. The molecule has 144 valence electrons. The predicted octanol–water partition coefficient (Wildman–Crippen LogP) is 4.17. The largest absolute Gasteiger partial charge is 0.465 e. The fourth-order valence-corrected chi connectivity index (χ4v) is 3.85. The van der Waals surface area contributed by atoms with Gasteiger partial charge in [-0.1, -0.05) is 23.2 Å². The lowest BCUT2D eigenvalue weighted by atomic mass is 9.97. The number of carboxylic acid groups (broad SMARTS) is 1. The van der Waals surface area contributed by atoms with Gasteiger partial charge in [-0.2, -0.15) is 0 Å². The molecule has 1 saturated heterocycles. The minimum absolute atomic E-state index is 0.0787. The van der Waals surface area contributed by atoms with E-state index in [9.17, 15) is 14.7 Å². The van der Waals surface area contributed by atoms with E-state index in [0.29, 0.717) is 28.8 Å². The van der Waals surface area contributed by atoms with E-state index in [0.717, 1.165) is 12.8 Å². The Morgan fingerprint density at radius 1 is 1.27 bits per heavy atom. The van der Waals surface area contributed by atoms with Crippen molar-refractivity contribution in [1.29, 1.82) is 0 Å². The van der Waals surface area contributed by atoms with Crippen LogP contribution in [0.1, 0.15) is 33.6 Å². The lowest BCUT2D eigenvalue weighted by Crippen LogP contribution is -2.57. The number of hydrogen-bond acceptors (Lipinski definition) is 3. The summed E-state index contributed by atoms with van der Waals surface area (Å²) in [4.78, 5) is 27.4. The van der Waals surface area contributed by atoms with Crippen LogP contribution in [0.3, 0.4) is 0 Å². The van der Waals surface area contributed by atoms with E-state index < -0.39 is 11.6 Å². The van der Waals surface area contributed by atoms with Crippen molar-refractivity contribution in [2.75, 3.05) is 25.0 Å². The smallest absolute Gasteiger partial charge is 0.408 e. The van der Waals surface area contributed by atoms with E-state index in [1.807, 2.05) is 20.8 Å². The molecule has 0 spiro atoms. The number of benzene rings is 1. The molecule has 2 rings (SSSR count). The van der Waals surface area contributed by atoms with Gasteiger partial charge >= 0.3 is 6.09 Å². The molecule has 1 aliphatic heterocycles. The summed E-state index contributed by atoms with van der Waals surface area (Å²) in [5.74, 6) is -0.0787. The van der Waals surface area contributed by atoms with Crippen LogP contribution in [0.2, 0.25) is 10.0 Å². The fraction of sp³-hybridized carbons (Fsp3) is 0.556. The Hall–Kier alpha value is -1.66. The van der Waals surface area contributed by atoms with Gasteiger partial charge in [0.25, 0.3) is 0 Å². The first kappa shape index (κ1) is 20.6. The number of piperidine rings is 1. The highest BCUT2D eigenvalue weighted by Gasteiger charge is 2.36. The SMILES string of the molecule is CC(C)(C)N(C(=O)O)[C@H]1CCCN(C(=O)CNc2cc(Cl)cc(Cl)c2)C1. The van der Waals surface area contributed by atoms with Crippen molar-refractivity contribution in [3.8, 4) is 0 Å². The number of hydrogen-bond donors (Lipinski definition) is 2. The molecule has 0 saturated carbocycles. The van der Waals surface area contributed by atoms with Crippen LogP contribution in [0.25, 0.3) is 0 Å². The van der Waals surface area contributed by atoms with Crippen LogP contribution in [-0.2, 0) is 4.79 Å². The van der Waals surface area contributed by atoms with Gasteiger partial charge in [-0.25, -0.2) is 4.79 Å². The second-order valence-electron chi connectivity index (χ2n) is 7.47. The van der Waals surface area contributed by atoms with Crippen molar-refractivity contribution in [3.05, 3.63) is 28.2 Å². The predicted molar refractivity (Wildman–Crippen MR) is 104 cm³/mol. The summed E-state index contributed by atoms with van der Waals surface area (Å²) in [5, 5.41) is 13.6. The quantitative estimate of drug-likeness (QED) is 0.793. The molecule has 2 N–H and O–H groups in total. The van der Waals surface area contributed by atoms with Gasteiger partial charge in [0.2, 0.25) is 5.91 Å². The Balaban J connectivity index is 1.99. The third kappa shape index (κ3) is 5.42. The number of rotatable bonds is 4. The average molecular weight is 402 g/mol. The summed E-state index contributed by atoms with van der Waals surface area (Å²) in [5.41, 5.74) is 0.157. The van der Waals surface area contributed by atoms with Crippen LogP contribution in [0, 0.1) is 0 Å². The molecule has 0 bridgehead atoms. The third-order valence-corrected chi connectivity index (χ3v) is 4.79. The maximum absolute atomic E-state index is 12.6. The second kappa shape index (κ2) is 8.35. The van der Waals surface area contributed by atoms with Crippen LogP contribution >= 0.6 is 23.2 Å². The van der Waals surface area contributed by atoms with Gasteiger partial charge in [0, 0.05) is 34.4 Å². The van der Waals surface area contributed by atoms with Crippen molar-refractivity contribution in [3.63, 3.8) is 0 Å². The van der Waals surface area contributed by atoms with Crippen molar-refractivity contribution in [2.24, 2.45) is 0 Å². The van der Waals surface area contributed by atoms with Gasteiger partial charge in [-0.05, 0) is 51.8 Å². The maximum Gasteiger partial charge on any atom is 0.408 e. The number of likely N-dealkylation sites (tertiary alicyclic amines) is 1. The molecule has 1 atom stereocenters. The van der Waals surface area contributed by atoms with E-state index in [4.69, 9.17) is 23.2 Å².